The maximum Gasteiger partial charge on any atom is 0.248 e. The smallest absolute Gasteiger partial charge is 0.248 e. The zero-order chi connectivity index (χ0) is 26.6. The first kappa shape index (κ1) is 24.2. The van der Waals surface area contributed by atoms with E-state index in [4.69, 9.17) is 10.7 Å². The lowest BCUT2D eigenvalue weighted by Gasteiger charge is -2.39. The SMILES string of the molecule is CC(=O)c1c([C@H]2C[C@H]3CC[C@@H](C2)N3C(=O)CO)nc2c(-c3ccc(-c4cccc(F)c4)nc3)cnn2c1N. The van der Waals surface area contributed by atoms with Gasteiger partial charge in [-0.05, 0) is 50.8 Å². The van der Waals surface area contributed by atoms with Crippen LogP contribution in [0.1, 0.15) is 54.6 Å². The second kappa shape index (κ2) is 9.29. The molecule has 5 heterocycles. The summed E-state index contributed by atoms with van der Waals surface area (Å²) in [6.45, 7) is 0.972. The van der Waals surface area contributed by atoms with E-state index in [9.17, 15) is 19.1 Å². The van der Waals surface area contributed by atoms with E-state index in [1.807, 2.05) is 17.0 Å². The van der Waals surface area contributed by atoms with Crippen molar-refractivity contribution < 1.29 is 19.1 Å². The summed E-state index contributed by atoms with van der Waals surface area (Å²) in [5.41, 5.74) is 10.8. The molecular weight excluding hydrogens is 487 g/mol. The van der Waals surface area contributed by atoms with Gasteiger partial charge in [0.1, 0.15) is 18.2 Å². The van der Waals surface area contributed by atoms with Crippen LogP contribution in [0, 0.1) is 5.82 Å². The number of piperidine rings is 1. The first-order chi connectivity index (χ1) is 18.4. The first-order valence-electron chi connectivity index (χ1n) is 12.7. The number of halogens is 1. The minimum Gasteiger partial charge on any atom is -0.387 e. The summed E-state index contributed by atoms with van der Waals surface area (Å²) < 4.78 is 15.1. The van der Waals surface area contributed by atoms with Crippen molar-refractivity contribution in [2.45, 2.75) is 50.6 Å². The van der Waals surface area contributed by atoms with E-state index in [0.29, 0.717) is 46.6 Å². The number of hydrogen-bond acceptors (Lipinski definition) is 7. The Hall–Kier alpha value is -4.18. The molecule has 1 aromatic carbocycles. The molecule has 4 aromatic rings. The highest BCUT2D eigenvalue weighted by Crippen LogP contribution is 2.44. The molecule has 194 valence electrons. The van der Waals surface area contributed by atoms with Crippen molar-refractivity contribution in [3.05, 3.63) is 65.9 Å². The number of fused-ring (bicyclic) bond motifs is 3. The van der Waals surface area contributed by atoms with E-state index in [-0.39, 0.29) is 41.3 Å². The molecule has 0 saturated carbocycles. The molecule has 3 aromatic heterocycles. The number of aromatic nitrogens is 4. The van der Waals surface area contributed by atoms with Crippen LogP contribution >= 0.6 is 0 Å². The van der Waals surface area contributed by atoms with Crippen LogP contribution in [-0.4, -0.2) is 60.0 Å². The van der Waals surface area contributed by atoms with Crippen LogP contribution in [0.2, 0.25) is 0 Å². The molecule has 3 atom stereocenters. The average molecular weight is 515 g/mol. The van der Waals surface area contributed by atoms with E-state index < -0.39 is 6.61 Å². The van der Waals surface area contributed by atoms with Crippen molar-refractivity contribution in [3.63, 3.8) is 0 Å². The second-order valence-electron chi connectivity index (χ2n) is 10.1. The van der Waals surface area contributed by atoms with E-state index in [1.54, 1.807) is 24.5 Å². The van der Waals surface area contributed by atoms with Gasteiger partial charge < -0.3 is 15.7 Å². The molecule has 2 fully saturated rings. The standard InChI is InChI=1S/C28H27FN6O3/c1-15(37)25-26(18-10-20-6-7-21(11-18)34(20)24(38)14-36)33-28-22(13-32-35(28)27(25)30)17-5-8-23(31-12-17)16-3-2-4-19(29)9-16/h2-5,8-9,12-13,18,20-21,36H,6-7,10-11,14,30H2,1H3/t18-,20+,21-. The predicted octanol–water partition coefficient (Wildman–Crippen LogP) is 3.61. The molecule has 38 heavy (non-hydrogen) atoms. The van der Waals surface area contributed by atoms with Gasteiger partial charge in [-0.1, -0.05) is 18.2 Å². The number of carbonyl (C=O) groups is 2. The Balaban J connectivity index is 1.40. The van der Waals surface area contributed by atoms with Crippen LogP contribution in [0.5, 0.6) is 0 Å². The topological polar surface area (TPSA) is 127 Å². The van der Waals surface area contributed by atoms with Gasteiger partial charge in [-0.15, -0.1) is 0 Å². The second-order valence-corrected chi connectivity index (χ2v) is 10.1. The van der Waals surface area contributed by atoms with Gasteiger partial charge in [-0.2, -0.15) is 9.61 Å². The number of Topliss-reactive ketones (excluding diaryl/α,β-unsaturated/α-hetero) is 1. The number of nitrogens with two attached hydrogens (primary N) is 1. The third-order valence-electron chi connectivity index (χ3n) is 7.80. The van der Waals surface area contributed by atoms with E-state index in [2.05, 4.69) is 10.1 Å². The van der Waals surface area contributed by atoms with Crippen molar-refractivity contribution in [1.82, 2.24) is 24.5 Å². The van der Waals surface area contributed by atoms with Gasteiger partial charge >= 0.3 is 0 Å². The molecule has 0 unspecified atom stereocenters. The van der Waals surface area contributed by atoms with Crippen molar-refractivity contribution in [2.75, 3.05) is 12.3 Å². The molecule has 0 spiro atoms. The fraction of sp³-hybridized carbons (Fsp3) is 0.321. The Morgan fingerprint density at radius 2 is 1.87 bits per heavy atom. The van der Waals surface area contributed by atoms with Gasteiger partial charge in [-0.25, -0.2) is 9.37 Å². The van der Waals surface area contributed by atoms with Gasteiger partial charge in [0.25, 0.3) is 0 Å². The average Bonchev–Trinajstić information content (AvgIpc) is 3.46. The summed E-state index contributed by atoms with van der Waals surface area (Å²) in [5, 5.41) is 13.8. The van der Waals surface area contributed by atoms with Crippen LogP contribution in [0.4, 0.5) is 10.2 Å². The fourth-order valence-corrected chi connectivity index (χ4v) is 6.15. The third kappa shape index (κ3) is 3.92. The normalized spacial score (nSPS) is 20.7. The Bertz CT molecular complexity index is 1550. The van der Waals surface area contributed by atoms with E-state index in [0.717, 1.165) is 18.4 Å². The maximum atomic E-state index is 13.7. The highest BCUT2D eigenvalue weighted by atomic mass is 19.1. The number of anilines is 1. The van der Waals surface area contributed by atoms with Gasteiger partial charge in [0, 0.05) is 40.9 Å². The number of pyridine rings is 1. The summed E-state index contributed by atoms with van der Waals surface area (Å²) in [6, 6.07) is 9.95. The quantitative estimate of drug-likeness (QED) is 0.390. The summed E-state index contributed by atoms with van der Waals surface area (Å²) in [7, 11) is 0. The zero-order valence-electron chi connectivity index (χ0n) is 20.8. The van der Waals surface area contributed by atoms with Crippen molar-refractivity contribution in [3.8, 4) is 22.4 Å². The number of aliphatic hydroxyl groups is 1. The number of benzene rings is 1. The Labute approximate surface area is 218 Å². The lowest BCUT2D eigenvalue weighted by molar-refractivity contribution is -0.138. The van der Waals surface area contributed by atoms with Gasteiger partial charge in [-0.3, -0.25) is 14.6 Å². The van der Waals surface area contributed by atoms with Crippen molar-refractivity contribution in [1.29, 1.82) is 0 Å². The van der Waals surface area contributed by atoms with Crippen LogP contribution in [0.25, 0.3) is 28.0 Å². The Kier molecular flexibility index (Phi) is 5.91. The molecule has 1 amide bonds. The molecule has 2 aliphatic heterocycles. The number of ketones is 1. The van der Waals surface area contributed by atoms with E-state index >= 15 is 0 Å². The Morgan fingerprint density at radius 1 is 1.11 bits per heavy atom. The number of carbonyl (C=O) groups excluding carboxylic acids is 2. The largest absolute Gasteiger partial charge is 0.387 e. The van der Waals surface area contributed by atoms with Crippen molar-refractivity contribution in [2.24, 2.45) is 0 Å². The number of rotatable bonds is 5. The molecule has 2 aliphatic rings. The predicted molar refractivity (Wildman–Crippen MR) is 139 cm³/mol. The lowest BCUT2D eigenvalue weighted by Crippen LogP contribution is -2.47. The first-order valence-corrected chi connectivity index (χ1v) is 12.7. The molecule has 6 rings (SSSR count). The van der Waals surface area contributed by atoms with Crippen LogP contribution in [-0.2, 0) is 4.79 Å². The highest BCUT2D eigenvalue weighted by Gasteiger charge is 2.44. The molecule has 0 aliphatic carbocycles. The molecule has 2 bridgehead atoms. The number of hydrogen-bond donors (Lipinski definition) is 2. The molecular formula is C28H27FN6O3. The lowest BCUT2D eigenvalue weighted by atomic mass is 9.85. The van der Waals surface area contributed by atoms with Crippen LogP contribution < -0.4 is 5.73 Å². The number of amides is 1. The number of aliphatic hydroxyl groups excluding tert-OH is 1. The van der Waals surface area contributed by atoms with Crippen LogP contribution in [0.15, 0.2) is 48.8 Å². The zero-order valence-corrected chi connectivity index (χ0v) is 20.8. The molecule has 10 heteroatoms. The molecule has 2 saturated heterocycles. The van der Waals surface area contributed by atoms with Gasteiger partial charge in [0.2, 0.25) is 5.91 Å². The monoisotopic (exact) mass is 514 g/mol. The summed E-state index contributed by atoms with van der Waals surface area (Å²) in [6.07, 6.45) is 6.37. The number of nitrogen functional groups attached to an aromatic ring is 1. The fourth-order valence-electron chi connectivity index (χ4n) is 6.15. The third-order valence-corrected chi connectivity index (χ3v) is 7.80. The van der Waals surface area contributed by atoms with Gasteiger partial charge in [0.15, 0.2) is 11.4 Å². The van der Waals surface area contributed by atoms with E-state index in [1.165, 1.54) is 23.6 Å². The summed E-state index contributed by atoms with van der Waals surface area (Å²) in [5.74, 6) is -0.597. The summed E-state index contributed by atoms with van der Waals surface area (Å²) in [4.78, 5) is 36.4. The number of nitrogens with zero attached hydrogens (tertiary/aromatic N) is 5. The minimum absolute atomic E-state index is 0.00130. The Morgan fingerprint density at radius 3 is 2.50 bits per heavy atom. The van der Waals surface area contributed by atoms with Crippen LogP contribution in [0.3, 0.4) is 0 Å². The summed E-state index contributed by atoms with van der Waals surface area (Å²) >= 11 is 0. The minimum atomic E-state index is -0.501. The van der Waals surface area contributed by atoms with Crippen molar-refractivity contribution >= 4 is 23.2 Å². The van der Waals surface area contributed by atoms with Gasteiger partial charge in [0.05, 0.1) is 23.1 Å². The molecule has 9 nitrogen and oxygen atoms in total. The highest BCUT2D eigenvalue weighted by molar-refractivity contribution is 6.00. The molecule has 0 radical (unpaired) electrons. The maximum absolute atomic E-state index is 13.7. The molecule has 3 N–H and O–H groups in total.